The molecule has 1 unspecified atom stereocenters. The lowest BCUT2D eigenvalue weighted by molar-refractivity contribution is -0.119. The van der Waals surface area contributed by atoms with E-state index >= 15 is 0 Å². The zero-order chi connectivity index (χ0) is 17.3. The summed E-state index contributed by atoms with van der Waals surface area (Å²) < 4.78 is 14.1. The molecule has 0 fully saturated rings. The number of halogens is 2. The van der Waals surface area contributed by atoms with Crippen molar-refractivity contribution in [1.29, 1.82) is 0 Å². The second-order valence-corrected chi connectivity index (χ2v) is 6.09. The molecule has 1 aromatic heterocycles. The van der Waals surface area contributed by atoms with Crippen molar-refractivity contribution >= 4 is 23.4 Å². The highest BCUT2D eigenvalue weighted by molar-refractivity contribution is 6.30. The largest absolute Gasteiger partial charge is 0.368 e. The summed E-state index contributed by atoms with van der Waals surface area (Å²) in [5.41, 5.74) is 6.80. The monoisotopic (exact) mass is 347 g/mol. The number of nitrogens with zero attached hydrogens (tertiary/aromatic N) is 2. The molecule has 2 amide bonds. The van der Waals surface area contributed by atoms with Crippen LogP contribution in [0, 0.1) is 5.82 Å². The van der Waals surface area contributed by atoms with Gasteiger partial charge in [0.05, 0.1) is 11.6 Å². The molecule has 24 heavy (non-hydrogen) atoms. The lowest BCUT2D eigenvalue weighted by atomic mass is 10.1. The van der Waals surface area contributed by atoms with E-state index in [0.717, 1.165) is 0 Å². The SMILES string of the molecule is NC(=O)CN(C(=O)c1cccnc1)C1CCc2c(F)cc(Cl)cc21. The van der Waals surface area contributed by atoms with Crippen LogP contribution in [0.25, 0.3) is 0 Å². The highest BCUT2D eigenvalue weighted by atomic mass is 35.5. The van der Waals surface area contributed by atoms with Crippen LogP contribution in [0.15, 0.2) is 36.7 Å². The molecule has 0 saturated carbocycles. The Bertz CT molecular complexity index is 798. The quantitative estimate of drug-likeness (QED) is 0.923. The van der Waals surface area contributed by atoms with Gasteiger partial charge in [-0.1, -0.05) is 11.6 Å². The molecule has 0 radical (unpaired) electrons. The fraction of sp³-hybridized carbons (Fsp3) is 0.235. The van der Waals surface area contributed by atoms with Crippen molar-refractivity contribution < 1.29 is 14.0 Å². The zero-order valence-corrected chi connectivity index (χ0v) is 13.5. The highest BCUT2D eigenvalue weighted by Gasteiger charge is 2.34. The number of benzene rings is 1. The van der Waals surface area contributed by atoms with E-state index in [9.17, 15) is 14.0 Å². The second-order valence-electron chi connectivity index (χ2n) is 5.65. The van der Waals surface area contributed by atoms with Gasteiger partial charge < -0.3 is 10.6 Å². The van der Waals surface area contributed by atoms with Crippen LogP contribution >= 0.6 is 11.6 Å². The van der Waals surface area contributed by atoms with Gasteiger partial charge in [-0.15, -0.1) is 0 Å². The third-order valence-corrected chi connectivity index (χ3v) is 4.31. The molecule has 7 heteroatoms. The lowest BCUT2D eigenvalue weighted by Gasteiger charge is -2.28. The normalized spacial score (nSPS) is 15.8. The molecule has 2 aromatic rings. The van der Waals surface area contributed by atoms with Crippen LogP contribution in [0.4, 0.5) is 4.39 Å². The molecule has 3 rings (SSSR count). The van der Waals surface area contributed by atoms with Gasteiger partial charge in [-0.2, -0.15) is 0 Å². The predicted octanol–water partition coefficient (Wildman–Crippen LogP) is 2.49. The molecule has 1 atom stereocenters. The molecule has 5 nitrogen and oxygen atoms in total. The Morgan fingerprint density at radius 2 is 2.21 bits per heavy atom. The third-order valence-electron chi connectivity index (χ3n) is 4.09. The zero-order valence-electron chi connectivity index (χ0n) is 12.7. The summed E-state index contributed by atoms with van der Waals surface area (Å²) in [6, 6.07) is 5.69. The number of hydrogen-bond donors (Lipinski definition) is 1. The van der Waals surface area contributed by atoms with Crippen molar-refractivity contribution in [3.05, 3.63) is 64.2 Å². The maximum Gasteiger partial charge on any atom is 0.256 e. The Kier molecular flexibility index (Phi) is 4.49. The van der Waals surface area contributed by atoms with E-state index in [4.69, 9.17) is 17.3 Å². The second kappa shape index (κ2) is 6.57. The number of pyridine rings is 1. The van der Waals surface area contributed by atoms with Crippen molar-refractivity contribution in [2.24, 2.45) is 5.73 Å². The maximum absolute atomic E-state index is 14.1. The minimum atomic E-state index is -0.636. The molecule has 1 heterocycles. The lowest BCUT2D eigenvalue weighted by Crippen LogP contribution is -2.40. The summed E-state index contributed by atoms with van der Waals surface area (Å²) in [4.78, 5) is 29.5. The Morgan fingerprint density at radius 1 is 1.42 bits per heavy atom. The van der Waals surface area contributed by atoms with Gasteiger partial charge in [0.2, 0.25) is 5.91 Å². The standard InChI is InChI=1S/C17H15ClFN3O2/c18-11-6-13-12(14(19)7-11)3-4-15(13)22(9-16(20)23)17(24)10-2-1-5-21-8-10/h1-2,5-8,15H,3-4,9H2,(H2,20,23). The molecule has 124 valence electrons. The number of carbonyl (C=O) groups is 2. The van der Waals surface area contributed by atoms with Crippen LogP contribution in [0.1, 0.15) is 33.9 Å². The minimum Gasteiger partial charge on any atom is -0.368 e. The van der Waals surface area contributed by atoms with Crippen molar-refractivity contribution in [3.63, 3.8) is 0 Å². The van der Waals surface area contributed by atoms with Crippen LogP contribution in [-0.4, -0.2) is 28.2 Å². The van der Waals surface area contributed by atoms with Gasteiger partial charge >= 0.3 is 0 Å². The maximum atomic E-state index is 14.1. The summed E-state index contributed by atoms with van der Waals surface area (Å²) in [5.74, 6) is -1.41. The molecule has 1 aliphatic rings. The highest BCUT2D eigenvalue weighted by Crippen LogP contribution is 2.39. The number of nitrogens with two attached hydrogens (primary N) is 1. The number of carbonyl (C=O) groups excluding carboxylic acids is 2. The van der Waals surface area contributed by atoms with E-state index in [1.165, 1.54) is 17.2 Å². The Morgan fingerprint density at radius 3 is 2.88 bits per heavy atom. The van der Waals surface area contributed by atoms with Gasteiger partial charge in [-0.25, -0.2) is 4.39 Å². The third kappa shape index (κ3) is 3.10. The average molecular weight is 348 g/mol. The molecule has 0 aliphatic heterocycles. The minimum absolute atomic E-state index is 0.256. The summed E-state index contributed by atoms with van der Waals surface area (Å²) >= 11 is 5.96. The van der Waals surface area contributed by atoms with Crippen LogP contribution in [-0.2, 0) is 11.2 Å². The van der Waals surface area contributed by atoms with E-state index in [2.05, 4.69) is 4.98 Å². The fourth-order valence-corrected chi connectivity index (χ4v) is 3.30. The van der Waals surface area contributed by atoms with Crippen molar-refractivity contribution in [3.8, 4) is 0 Å². The summed E-state index contributed by atoms with van der Waals surface area (Å²) in [7, 11) is 0. The molecule has 2 N–H and O–H groups in total. The smallest absolute Gasteiger partial charge is 0.256 e. The van der Waals surface area contributed by atoms with Crippen molar-refractivity contribution in [2.75, 3.05) is 6.54 Å². The van der Waals surface area contributed by atoms with E-state index < -0.39 is 17.8 Å². The fourth-order valence-electron chi connectivity index (χ4n) is 3.09. The first-order valence-corrected chi connectivity index (χ1v) is 7.82. The first-order chi connectivity index (χ1) is 11.5. The van der Waals surface area contributed by atoms with Crippen molar-refractivity contribution in [2.45, 2.75) is 18.9 Å². The van der Waals surface area contributed by atoms with Gasteiger partial charge in [0.25, 0.3) is 5.91 Å². The predicted molar refractivity (Wildman–Crippen MR) is 86.9 cm³/mol. The number of hydrogen-bond acceptors (Lipinski definition) is 3. The van der Waals surface area contributed by atoms with Gasteiger partial charge in [-0.05, 0) is 48.2 Å². The van der Waals surface area contributed by atoms with E-state index in [-0.39, 0.29) is 17.5 Å². The number of amides is 2. The van der Waals surface area contributed by atoms with Gasteiger partial charge in [-0.3, -0.25) is 14.6 Å². The van der Waals surface area contributed by atoms with Crippen LogP contribution in [0.2, 0.25) is 5.02 Å². The molecule has 0 saturated heterocycles. The Hall–Kier alpha value is -2.47. The van der Waals surface area contributed by atoms with Crippen LogP contribution in [0.3, 0.4) is 0 Å². The summed E-state index contributed by atoms with van der Waals surface area (Å²) in [6.45, 7) is -0.258. The summed E-state index contributed by atoms with van der Waals surface area (Å²) in [5, 5.41) is 0.256. The van der Waals surface area contributed by atoms with Gasteiger partial charge in [0.15, 0.2) is 0 Å². The van der Waals surface area contributed by atoms with Crippen LogP contribution in [0.5, 0.6) is 0 Å². The molecule has 1 aromatic carbocycles. The van der Waals surface area contributed by atoms with Gasteiger partial charge in [0.1, 0.15) is 12.4 Å². The topological polar surface area (TPSA) is 76.3 Å². The summed E-state index contributed by atoms with van der Waals surface area (Å²) in [6.07, 6.45) is 3.95. The van der Waals surface area contributed by atoms with Gasteiger partial charge in [0, 0.05) is 17.4 Å². The first kappa shape index (κ1) is 16.4. The average Bonchev–Trinajstić information content (AvgIpc) is 2.96. The first-order valence-electron chi connectivity index (χ1n) is 7.44. The Labute approximate surface area is 143 Å². The number of primary amides is 1. The van der Waals surface area contributed by atoms with Crippen LogP contribution < -0.4 is 5.73 Å². The molecule has 1 aliphatic carbocycles. The number of fused-ring (bicyclic) bond motifs is 1. The Balaban J connectivity index is 2.00. The van der Waals surface area contributed by atoms with E-state index in [0.29, 0.717) is 29.5 Å². The molecular weight excluding hydrogens is 333 g/mol. The number of aromatic nitrogens is 1. The molecule has 0 spiro atoms. The molecular formula is C17H15ClFN3O2. The molecule has 0 bridgehead atoms. The van der Waals surface area contributed by atoms with E-state index in [1.807, 2.05) is 0 Å². The van der Waals surface area contributed by atoms with E-state index in [1.54, 1.807) is 24.4 Å². The number of rotatable bonds is 4. The van der Waals surface area contributed by atoms with Crippen molar-refractivity contribution in [1.82, 2.24) is 9.88 Å².